The molecule has 0 unspecified atom stereocenters. The van der Waals surface area contributed by atoms with E-state index < -0.39 is 5.69 Å². The van der Waals surface area contributed by atoms with Crippen LogP contribution in [0.3, 0.4) is 0 Å². The number of hydrogen-bond donors (Lipinski definition) is 1. The Morgan fingerprint density at radius 2 is 2.00 bits per heavy atom. The maximum absolute atomic E-state index is 12.3. The van der Waals surface area contributed by atoms with Crippen molar-refractivity contribution in [1.29, 1.82) is 0 Å². The van der Waals surface area contributed by atoms with Crippen LogP contribution < -0.4 is 11.2 Å². The molecule has 0 aliphatic rings. The minimum atomic E-state index is -0.452. The lowest BCUT2D eigenvalue weighted by atomic mass is 10.1. The molecule has 0 fully saturated rings. The molecular weight excluding hydrogens is 356 g/mol. The molecule has 0 atom stereocenters. The van der Waals surface area contributed by atoms with Crippen LogP contribution in [0.1, 0.15) is 6.92 Å². The van der Waals surface area contributed by atoms with Crippen molar-refractivity contribution in [2.75, 3.05) is 0 Å². The van der Waals surface area contributed by atoms with Crippen LogP contribution in [-0.2, 0) is 6.54 Å². The Kier molecular flexibility index (Phi) is 3.93. The van der Waals surface area contributed by atoms with Crippen LogP contribution in [0.15, 0.2) is 56.6 Å². The molecule has 2 heterocycles. The van der Waals surface area contributed by atoms with E-state index in [4.69, 9.17) is 16.1 Å². The van der Waals surface area contributed by atoms with Gasteiger partial charge >= 0.3 is 5.69 Å². The molecule has 0 radical (unpaired) electrons. The molecule has 7 nitrogen and oxygen atoms in total. The number of nitrogens with zero attached hydrogens (tertiary/aromatic N) is 3. The summed E-state index contributed by atoms with van der Waals surface area (Å²) >= 11 is 5.99. The first kappa shape index (κ1) is 16.3. The fourth-order valence-electron chi connectivity index (χ4n) is 2.76. The van der Waals surface area contributed by atoms with Gasteiger partial charge in [-0.25, -0.2) is 4.79 Å². The van der Waals surface area contributed by atoms with Crippen molar-refractivity contribution in [3.63, 3.8) is 0 Å². The number of benzene rings is 2. The third-order valence-corrected chi connectivity index (χ3v) is 4.29. The Bertz CT molecular complexity index is 1240. The van der Waals surface area contributed by atoms with Crippen molar-refractivity contribution in [3.8, 4) is 22.8 Å². The minimum Gasteiger partial charge on any atom is -0.334 e. The standard InChI is InChI=1S/C18H13ClN4O3/c1-2-23-17(24)13-7-6-11(9-14(13)20-18(23)25)16-21-15(22-26-16)10-4-3-5-12(19)8-10/h3-9H,2H2,1H3,(H,20,25). The average molecular weight is 369 g/mol. The van der Waals surface area contributed by atoms with Crippen LogP contribution in [0.5, 0.6) is 0 Å². The van der Waals surface area contributed by atoms with Crippen LogP contribution in [-0.4, -0.2) is 19.7 Å². The van der Waals surface area contributed by atoms with Crippen molar-refractivity contribution >= 4 is 22.5 Å². The molecule has 2 aromatic heterocycles. The van der Waals surface area contributed by atoms with Gasteiger partial charge in [-0.3, -0.25) is 9.36 Å². The highest BCUT2D eigenvalue weighted by Crippen LogP contribution is 2.25. The average Bonchev–Trinajstić information content (AvgIpc) is 3.12. The Balaban J connectivity index is 1.81. The first-order valence-corrected chi connectivity index (χ1v) is 8.31. The highest BCUT2D eigenvalue weighted by Gasteiger charge is 2.13. The van der Waals surface area contributed by atoms with E-state index in [0.717, 1.165) is 10.1 Å². The Labute approximate surface area is 151 Å². The molecular formula is C18H13ClN4O3. The van der Waals surface area contributed by atoms with E-state index in [9.17, 15) is 9.59 Å². The predicted octanol–water partition coefficient (Wildman–Crippen LogP) is 3.08. The van der Waals surface area contributed by atoms with Crippen LogP contribution in [0, 0.1) is 0 Å². The summed E-state index contributed by atoms with van der Waals surface area (Å²) in [5.41, 5.74) is 0.968. The van der Waals surface area contributed by atoms with Gasteiger partial charge in [-0.1, -0.05) is 28.9 Å². The van der Waals surface area contributed by atoms with Gasteiger partial charge in [-0.15, -0.1) is 0 Å². The van der Waals surface area contributed by atoms with E-state index in [-0.39, 0.29) is 11.4 Å². The number of halogens is 1. The van der Waals surface area contributed by atoms with Gasteiger partial charge < -0.3 is 9.51 Å². The molecule has 0 spiro atoms. The molecule has 0 aliphatic carbocycles. The lowest BCUT2D eigenvalue weighted by molar-refractivity contribution is 0.432. The van der Waals surface area contributed by atoms with Gasteiger partial charge in [0.15, 0.2) is 0 Å². The number of aromatic amines is 1. The van der Waals surface area contributed by atoms with Gasteiger partial charge in [0.05, 0.1) is 10.9 Å². The quantitative estimate of drug-likeness (QED) is 0.599. The van der Waals surface area contributed by atoms with Crippen LogP contribution in [0.4, 0.5) is 0 Å². The van der Waals surface area contributed by atoms with Gasteiger partial charge in [0.25, 0.3) is 11.4 Å². The van der Waals surface area contributed by atoms with Crippen molar-refractivity contribution < 1.29 is 4.52 Å². The SMILES string of the molecule is CCn1c(=O)[nH]c2cc(-c3nc(-c4cccc(Cl)c4)no3)ccc2c1=O. The summed E-state index contributed by atoms with van der Waals surface area (Å²) in [6.45, 7) is 2.05. The zero-order valence-corrected chi connectivity index (χ0v) is 14.4. The van der Waals surface area contributed by atoms with Crippen molar-refractivity contribution in [1.82, 2.24) is 19.7 Å². The Morgan fingerprint density at radius 3 is 2.77 bits per heavy atom. The van der Waals surface area contributed by atoms with Crippen molar-refractivity contribution in [3.05, 3.63) is 68.3 Å². The number of H-pyrrole nitrogens is 1. The summed E-state index contributed by atoms with van der Waals surface area (Å²) in [5.74, 6) is 0.680. The van der Waals surface area contributed by atoms with E-state index in [1.807, 2.05) is 6.07 Å². The Hall–Kier alpha value is -3.19. The highest BCUT2D eigenvalue weighted by atomic mass is 35.5. The molecule has 4 rings (SSSR count). The second-order valence-electron chi connectivity index (χ2n) is 5.67. The highest BCUT2D eigenvalue weighted by molar-refractivity contribution is 6.30. The fourth-order valence-corrected chi connectivity index (χ4v) is 2.95. The third kappa shape index (κ3) is 2.72. The summed E-state index contributed by atoms with van der Waals surface area (Å²) in [7, 11) is 0. The van der Waals surface area contributed by atoms with Gasteiger partial charge in [0.2, 0.25) is 5.82 Å². The van der Waals surface area contributed by atoms with Crippen LogP contribution in [0.2, 0.25) is 5.02 Å². The second kappa shape index (κ2) is 6.27. The zero-order valence-electron chi connectivity index (χ0n) is 13.7. The van der Waals surface area contributed by atoms with Gasteiger partial charge in [0, 0.05) is 22.7 Å². The molecule has 1 N–H and O–H groups in total. The fraction of sp³-hybridized carbons (Fsp3) is 0.111. The first-order chi connectivity index (χ1) is 12.6. The molecule has 26 heavy (non-hydrogen) atoms. The summed E-state index contributed by atoms with van der Waals surface area (Å²) in [6.07, 6.45) is 0. The lowest BCUT2D eigenvalue weighted by Gasteiger charge is -2.04. The normalized spacial score (nSPS) is 11.2. The molecule has 130 valence electrons. The monoisotopic (exact) mass is 368 g/mol. The zero-order chi connectivity index (χ0) is 18.3. The second-order valence-corrected chi connectivity index (χ2v) is 6.11. The number of hydrogen-bond acceptors (Lipinski definition) is 5. The maximum atomic E-state index is 12.3. The van der Waals surface area contributed by atoms with Gasteiger partial charge in [-0.05, 0) is 37.3 Å². The van der Waals surface area contributed by atoms with E-state index in [1.54, 1.807) is 43.3 Å². The van der Waals surface area contributed by atoms with E-state index in [2.05, 4.69) is 15.1 Å². The number of rotatable bonds is 3. The van der Waals surface area contributed by atoms with E-state index >= 15 is 0 Å². The number of nitrogens with one attached hydrogen (secondary N) is 1. The molecule has 0 saturated carbocycles. The van der Waals surface area contributed by atoms with E-state index in [0.29, 0.717) is 33.9 Å². The van der Waals surface area contributed by atoms with E-state index in [1.165, 1.54) is 0 Å². The van der Waals surface area contributed by atoms with Crippen LogP contribution >= 0.6 is 11.6 Å². The maximum Gasteiger partial charge on any atom is 0.328 e. The lowest BCUT2D eigenvalue weighted by Crippen LogP contribution is -2.34. The largest absolute Gasteiger partial charge is 0.334 e. The number of fused-ring (bicyclic) bond motifs is 1. The summed E-state index contributed by atoms with van der Waals surface area (Å²) in [6, 6.07) is 12.1. The molecule has 8 heteroatoms. The smallest absolute Gasteiger partial charge is 0.328 e. The number of aromatic nitrogens is 4. The molecule has 4 aromatic rings. The third-order valence-electron chi connectivity index (χ3n) is 4.05. The molecule has 0 bridgehead atoms. The summed E-state index contributed by atoms with van der Waals surface area (Å²) < 4.78 is 6.46. The van der Waals surface area contributed by atoms with Crippen molar-refractivity contribution in [2.45, 2.75) is 13.5 Å². The van der Waals surface area contributed by atoms with Gasteiger partial charge in [0.1, 0.15) is 0 Å². The molecule has 0 amide bonds. The minimum absolute atomic E-state index is 0.280. The molecule has 2 aromatic carbocycles. The summed E-state index contributed by atoms with van der Waals surface area (Å²) in [5, 5.41) is 4.96. The summed E-state index contributed by atoms with van der Waals surface area (Å²) in [4.78, 5) is 31.4. The first-order valence-electron chi connectivity index (χ1n) is 7.93. The Morgan fingerprint density at radius 1 is 1.15 bits per heavy atom. The van der Waals surface area contributed by atoms with Gasteiger partial charge in [-0.2, -0.15) is 4.98 Å². The predicted molar refractivity (Wildman–Crippen MR) is 98.2 cm³/mol. The topological polar surface area (TPSA) is 93.8 Å². The van der Waals surface area contributed by atoms with Crippen LogP contribution in [0.25, 0.3) is 33.7 Å². The molecule has 0 aliphatic heterocycles. The molecule has 0 saturated heterocycles. The van der Waals surface area contributed by atoms with Crippen molar-refractivity contribution in [2.24, 2.45) is 0 Å².